The summed E-state index contributed by atoms with van der Waals surface area (Å²) in [5.41, 5.74) is 4.90. The van der Waals surface area contributed by atoms with Gasteiger partial charge in [0.1, 0.15) is 17.0 Å². The summed E-state index contributed by atoms with van der Waals surface area (Å²) in [7, 11) is 0. The van der Waals surface area contributed by atoms with Gasteiger partial charge in [0, 0.05) is 42.5 Å². The quantitative estimate of drug-likeness (QED) is 0.314. The number of hydrogen-bond acceptors (Lipinski definition) is 6. The molecule has 0 spiro atoms. The van der Waals surface area contributed by atoms with E-state index in [1.807, 2.05) is 6.07 Å². The van der Waals surface area contributed by atoms with Crippen LogP contribution in [0.15, 0.2) is 42.9 Å². The number of aromatic amines is 2. The van der Waals surface area contributed by atoms with Crippen LogP contribution in [0.3, 0.4) is 0 Å². The number of fused-ring (bicyclic) bond motifs is 2. The maximum atomic E-state index is 16.1. The molecule has 1 saturated heterocycles. The van der Waals surface area contributed by atoms with Crippen molar-refractivity contribution in [3.8, 4) is 22.6 Å². The number of carbonyl (C=O) groups is 1. The number of H-pyrrole nitrogens is 2. The summed E-state index contributed by atoms with van der Waals surface area (Å²) in [6, 6.07) is 7.23. The van der Waals surface area contributed by atoms with Gasteiger partial charge in [-0.2, -0.15) is 5.10 Å². The van der Waals surface area contributed by atoms with Crippen LogP contribution < -0.4 is 10.2 Å². The molecule has 1 aliphatic heterocycles. The molecule has 5 heterocycles. The van der Waals surface area contributed by atoms with Crippen molar-refractivity contribution in [1.29, 1.82) is 0 Å². The smallest absolute Gasteiger partial charge is 0.227 e. The van der Waals surface area contributed by atoms with E-state index in [0.717, 1.165) is 50.0 Å². The van der Waals surface area contributed by atoms with Gasteiger partial charge in [-0.15, -0.1) is 0 Å². The van der Waals surface area contributed by atoms with Crippen LogP contribution in [0.2, 0.25) is 0 Å². The Bertz CT molecular complexity index is 1650. The van der Waals surface area contributed by atoms with E-state index in [4.69, 9.17) is 0 Å². The number of nitrogens with one attached hydrogen (secondary N) is 3. The van der Waals surface area contributed by atoms with Gasteiger partial charge in [-0.3, -0.25) is 14.9 Å². The third kappa shape index (κ3) is 3.89. The van der Waals surface area contributed by atoms with E-state index in [-0.39, 0.29) is 11.8 Å². The first-order chi connectivity index (χ1) is 18.2. The molecule has 1 saturated carbocycles. The number of anilines is 2. The Kier molecular flexibility index (Phi) is 5.12. The second-order valence-corrected chi connectivity index (χ2v) is 9.81. The van der Waals surface area contributed by atoms with Crippen molar-refractivity contribution < 1.29 is 9.18 Å². The van der Waals surface area contributed by atoms with E-state index in [2.05, 4.69) is 40.3 Å². The third-order valence-electron chi connectivity index (χ3n) is 7.22. The average Bonchev–Trinajstić information content (AvgIpc) is 3.54. The highest BCUT2D eigenvalue weighted by atomic mass is 19.1. The van der Waals surface area contributed by atoms with Crippen LogP contribution in [0.5, 0.6) is 0 Å². The zero-order chi connectivity index (χ0) is 24.9. The van der Waals surface area contributed by atoms with E-state index in [0.29, 0.717) is 44.9 Å². The van der Waals surface area contributed by atoms with Crippen molar-refractivity contribution in [2.24, 2.45) is 5.92 Å². The number of amides is 1. The minimum absolute atomic E-state index is 0.0191. The van der Waals surface area contributed by atoms with Crippen molar-refractivity contribution in [3.63, 3.8) is 0 Å². The number of nitrogens with zero attached hydrogens (tertiary/aromatic N) is 5. The number of imidazole rings is 1. The Morgan fingerprint density at radius 3 is 2.81 bits per heavy atom. The summed E-state index contributed by atoms with van der Waals surface area (Å²) >= 11 is 0. The molecule has 5 aromatic rings. The fraction of sp³-hybridized carbons (Fsp3) is 0.296. The molecule has 9 nitrogen and oxygen atoms in total. The Hall–Kier alpha value is -4.34. The van der Waals surface area contributed by atoms with E-state index in [1.54, 1.807) is 36.8 Å². The van der Waals surface area contributed by atoms with Crippen LogP contribution in [0.25, 0.3) is 44.7 Å². The summed E-state index contributed by atoms with van der Waals surface area (Å²) in [5, 5.41) is 10.6. The summed E-state index contributed by atoms with van der Waals surface area (Å²) in [4.78, 5) is 31.2. The molecular weight excluding hydrogens is 471 g/mol. The molecule has 0 bridgehead atoms. The zero-order valence-electron chi connectivity index (χ0n) is 20.1. The molecule has 37 heavy (non-hydrogen) atoms. The Morgan fingerprint density at radius 1 is 1.11 bits per heavy atom. The molecule has 186 valence electrons. The molecule has 2 aliphatic rings. The van der Waals surface area contributed by atoms with Gasteiger partial charge >= 0.3 is 0 Å². The second-order valence-electron chi connectivity index (χ2n) is 9.81. The average molecular weight is 497 g/mol. The first-order valence-electron chi connectivity index (χ1n) is 12.7. The standard InChI is InChI=1S/C27H25FN8O/c28-22-18(16-12-17(14-29-13-16)31-27(37)15-4-5-15)6-7-19-21(22)24(35-34-19)26-32-23-20(8-9-30-25(23)33-26)36-10-2-1-3-11-36/h6-9,12-15H,1-5,10-11H2,(H,31,37)(H,34,35)(H,30,32,33). The Balaban J connectivity index is 1.29. The van der Waals surface area contributed by atoms with Crippen LogP contribution in [-0.4, -0.2) is 49.1 Å². The molecule has 7 rings (SSSR count). The first-order valence-corrected chi connectivity index (χ1v) is 12.7. The molecule has 4 aromatic heterocycles. The van der Waals surface area contributed by atoms with Crippen LogP contribution in [-0.2, 0) is 4.79 Å². The van der Waals surface area contributed by atoms with E-state index < -0.39 is 5.82 Å². The molecule has 10 heteroatoms. The van der Waals surface area contributed by atoms with Gasteiger partial charge in [0.15, 0.2) is 11.5 Å². The number of halogens is 1. The van der Waals surface area contributed by atoms with Crippen molar-refractivity contribution in [2.75, 3.05) is 23.3 Å². The minimum Gasteiger partial charge on any atom is -0.370 e. The fourth-order valence-corrected chi connectivity index (χ4v) is 5.12. The third-order valence-corrected chi connectivity index (χ3v) is 7.22. The lowest BCUT2D eigenvalue weighted by Crippen LogP contribution is -2.29. The van der Waals surface area contributed by atoms with Crippen molar-refractivity contribution >= 4 is 39.3 Å². The van der Waals surface area contributed by atoms with Crippen LogP contribution in [0.4, 0.5) is 15.8 Å². The molecule has 1 amide bonds. The highest BCUT2D eigenvalue weighted by molar-refractivity contribution is 5.98. The largest absolute Gasteiger partial charge is 0.370 e. The highest BCUT2D eigenvalue weighted by Crippen LogP contribution is 2.36. The van der Waals surface area contributed by atoms with Gasteiger partial charge in [0.25, 0.3) is 0 Å². The number of pyridine rings is 2. The molecule has 0 unspecified atom stereocenters. The molecule has 0 radical (unpaired) electrons. The predicted molar refractivity (Wildman–Crippen MR) is 140 cm³/mol. The fourth-order valence-electron chi connectivity index (χ4n) is 5.12. The lowest BCUT2D eigenvalue weighted by Gasteiger charge is -2.28. The molecule has 1 aromatic carbocycles. The molecule has 3 N–H and O–H groups in total. The summed E-state index contributed by atoms with van der Waals surface area (Å²) in [5.74, 6) is 0.0737. The van der Waals surface area contributed by atoms with Gasteiger partial charge < -0.3 is 15.2 Å². The lowest BCUT2D eigenvalue weighted by molar-refractivity contribution is -0.117. The highest BCUT2D eigenvalue weighted by Gasteiger charge is 2.29. The molecule has 0 atom stereocenters. The van der Waals surface area contributed by atoms with Crippen LogP contribution in [0.1, 0.15) is 32.1 Å². The van der Waals surface area contributed by atoms with E-state index >= 15 is 4.39 Å². The predicted octanol–water partition coefficient (Wildman–Crippen LogP) is 5.04. The number of hydrogen-bond donors (Lipinski definition) is 3. The zero-order valence-corrected chi connectivity index (χ0v) is 20.1. The van der Waals surface area contributed by atoms with Crippen molar-refractivity contribution in [1.82, 2.24) is 30.1 Å². The second kappa shape index (κ2) is 8.65. The SMILES string of the molecule is O=C(Nc1cncc(-c2ccc3[nH]nc(-c4nc5nccc(N6CCCCC6)c5[nH]4)c3c2F)c1)C1CC1. The maximum absolute atomic E-state index is 16.1. The maximum Gasteiger partial charge on any atom is 0.227 e. The summed E-state index contributed by atoms with van der Waals surface area (Å²) in [6.45, 7) is 1.98. The number of aromatic nitrogens is 6. The minimum atomic E-state index is -0.432. The van der Waals surface area contributed by atoms with Crippen LogP contribution in [0, 0.1) is 11.7 Å². The summed E-state index contributed by atoms with van der Waals surface area (Å²) < 4.78 is 16.1. The van der Waals surface area contributed by atoms with Gasteiger partial charge in [-0.1, -0.05) is 0 Å². The topological polar surface area (TPSA) is 115 Å². The molecule has 2 fully saturated rings. The van der Waals surface area contributed by atoms with E-state index in [9.17, 15) is 4.79 Å². The van der Waals surface area contributed by atoms with Gasteiger partial charge in [-0.05, 0) is 56.4 Å². The number of benzene rings is 1. The Labute approximate surface area is 211 Å². The number of rotatable bonds is 5. The normalized spacial score (nSPS) is 16.0. The summed E-state index contributed by atoms with van der Waals surface area (Å²) in [6.07, 6.45) is 10.3. The molecular formula is C27H25FN8O. The van der Waals surface area contributed by atoms with Gasteiger partial charge in [0.2, 0.25) is 5.91 Å². The van der Waals surface area contributed by atoms with Crippen molar-refractivity contribution in [3.05, 3.63) is 48.7 Å². The van der Waals surface area contributed by atoms with E-state index in [1.165, 1.54) is 6.42 Å². The number of carbonyl (C=O) groups excluding carboxylic acids is 1. The van der Waals surface area contributed by atoms with Crippen LogP contribution >= 0.6 is 0 Å². The Morgan fingerprint density at radius 2 is 1.97 bits per heavy atom. The van der Waals surface area contributed by atoms with Crippen molar-refractivity contribution in [2.45, 2.75) is 32.1 Å². The molecule has 1 aliphatic carbocycles. The lowest BCUT2D eigenvalue weighted by atomic mass is 10.0. The first kappa shape index (κ1) is 21.9. The monoisotopic (exact) mass is 496 g/mol. The van der Waals surface area contributed by atoms with Gasteiger partial charge in [-0.25, -0.2) is 14.4 Å². The van der Waals surface area contributed by atoms with Gasteiger partial charge in [0.05, 0.1) is 28.5 Å². The number of piperidine rings is 1.